The molecule has 2 aromatic heterocycles. The van der Waals surface area contributed by atoms with Crippen molar-refractivity contribution in [1.82, 2.24) is 25.1 Å². The van der Waals surface area contributed by atoms with Crippen molar-refractivity contribution in [2.45, 2.75) is 0 Å². The molecule has 23 heavy (non-hydrogen) atoms. The monoisotopic (exact) mass is 307 g/mol. The minimum absolute atomic E-state index is 0.306. The van der Waals surface area contributed by atoms with Gasteiger partial charge >= 0.3 is 0 Å². The minimum atomic E-state index is -0.306. The molecule has 2 heterocycles. The maximum Gasteiger partial charge on any atom is 0.258 e. The quantitative estimate of drug-likeness (QED) is 0.581. The van der Waals surface area contributed by atoms with Gasteiger partial charge in [0.1, 0.15) is 5.82 Å². The third-order valence-electron chi connectivity index (χ3n) is 3.26. The molecule has 6 nitrogen and oxygen atoms in total. The van der Waals surface area contributed by atoms with Crippen LogP contribution in [0.3, 0.4) is 0 Å². The van der Waals surface area contributed by atoms with Crippen molar-refractivity contribution in [2.75, 3.05) is 0 Å². The molecule has 0 amide bonds. The predicted molar refractivity (Wildman–Crippen MR) is 80.0 cm³/mol. The first-order valence-electron chi connectivity index (χ1n) is 6.87. The van der Waals surface area contributed by atoms with E-state index in [1.807, 2.05) is 30.3 Å². The molecular formula is C16H10FN5O. The van der Waals surface area contributed by atoms with Crippen LogP contribution < -0.4 is 0 Å². The van der Waals surface area contributed by atoms with Crippen LogP contribution in [0.25, 0.3) is 28.7 Å². The molecule has 0 aliphatic heterocycles. The van der Waals surface area contributed by atoms with Crippen LogP contribution in [0.5, 0.6) is 0 Å². The van der Waals surface area contributed by atoms with Crippen molar-refractivity contribution in [3.63, 3.8) is 0 Å². The molecule has 0 aliphatic carbocycles. The highest BCUT2D eigenvalue weighted by molar-refractivity contribution is 5.56. The van der Waals surface area contributed by atoms with Gasteiger partial charge in [0.05, 0.1) is 11.9 Å². The summed E-state index contributed by atoms with van der Waals surface area (Å²) in [7, 11) is 0. The van der Waals surface area contributed by atoms with E-state index in [0.717, 1.165) is 5.56 Å². The molecule has 0 fully saturated rings. The molecule has 0 unspecified atom stereocenters. The average molecular weight is 307 g/mol. The van der Waals surface area contributed by atoms with Gasteiger partial charge in [-0.2, -0.15) is 4.98 Å². The van der Waals surface area contributed by atoms with Gasteiger partial charge in [-0.1, -0.05) is 28.6 Å². The fourth-order valence-electron chi connectivity index (χ4n) is 2.11. The Balaban J connectivity index is 1.65. The first-order valence-corrected chi connectivity index (χ1v) is 6.87. The number of hydrogen-bond donors (Lipinski definition) is 0. The summed E-state index contributed by atoms with van der Waals surface area (Å²) in [6.07, 6.45) is 1.66. The van der Waals surface area contributed by atoms with Gasteiger partial charge in [-0.15, -0.1) is 5.10 Å². The van der Waals surface area contributed by atoms with Crippen LogP contribution in [0.2, 0.25) is 0 Å². The summed E-state index contributed by atoms with van der Waals surface area (Å²) < 4.78 is 19.7. The lowest BCUT2D eigenvalue weighted by atomic mass is 10.2. The van der Waals surface area contributed by atoms with Crippen molar-refractivity contribution >= 4 is 0 Å². The highest BCUT2D eigenvalue weighted by atomic mass is 19.1. The molecule has 0 saturated heterocycles. The van der Waals surface area contributed by atoms with E-state index in [1.165, 1.54) is 16.8 Å². The van der Waals surface area contributed by atoms with E-state index in [1.54, 1.807) is 18.3 Å². The zero-order valence-corrected chi connectivity index (χ0v) is 11.8. The summed E-state index contributed by atoms with van der Waals surface area (Å²) in [6.45, 7) is 0. The van der Waals surface area contributed by atoms with Gasteiger partial charge in [0.25, 0.3) is 5.89 Å². The number of benzene rings is 2. The van der Waals surface area contributed by atoms with E-state index in [0.29, 0.717) is 23.1 Å². The lowest BCUT2D eigenvalue weighted by Crippen LogP contribution is -1.94. The molecular weight excluding hydrogens is 297 g/mol. The second kappa shape index (κ2) is 5.45. The zero-order chi connectivity index (χ0) is 15.6. The van der Waals surface area contributed by atoms with Gasteiger partial charge in [0, 0.05) is 5.56 Å². The maximum absolute atomic E-state index is 13.0. The Morgan fingerprint density at radius 2 is 1.74 bits per heavy atom. The van der Waals surface area contributed by atoms with Crippen molar-refractivity contribution in [3.8, 4) is 28.7 Å². The minimum Gasteiger partial charge on any atom is -0.334 e. The fraction of sp³-hybridized carbons (Fsp3) is 0. The molecule has 4 rings (SSSR count). The van der Waals surface area contributed by atoms with Gasteiger partial charge in [0.2, 0.25) is 5.82 Å². The Hall–Kier alpha value is -3.35. The molecule has 0 spiro atoms. The highest BCUT2D eigenvalue weighted by Gasteiger charge is 2.14. The van der Waals surface area contributed by atoms with Crippen molar-refractivity contribution in [3.05, 3.63) is 66.6 Å². The number of halogens is 1. The summed E-state index contributed by atoms with van der Waals surface area (Å²) in [5.41, 5.74) is 1.99. The van der Waals surface area contributed by atoms with Gasteiger partial charge in [-0.3, -0.25) is 0 Å². The van der Waals surface area contributed by atoms with E-state index in [9.17, 15) is 4.39 Å². The van der Waals surface area contributed by atoms with Crippen molar-refractivity contribution in [2.24, 2.45) is 0 Å². The number of nitrogens with zero attached hydrogens (tertiary/aromatic N) is 5. The van der Waals surface area contributed by atoms with Gasteiger partial charge < -0.3 is 4.52 Å². The van der Waals surface area contributed by atoms with Crippen LogP contribution in [0.1, 0.15) is 0 Å². The van der Waals surface area contributed by atoms with Crippen LogP contribution in [-0.4, -0.2) is 25.1 Å². The Labute approximate surface area is 130 Å². The Morgan fingerprint density at radius 3 is 2.52 bits per heavy atom. The Kier molecular flexibility index (Phi) is 3.16. The van der Waals surface area contributed by atoms with E-state index in [-0.39, 0.29) is 5.82 Å². The van der Waals surface area contributed by atoms with E-state index >= 15 is 0 Å². The fourth-order valence-corrected chi connectivity index (χ4v) is 2.11. The lowest BCUT2D eigenvalue weighted by molar-refractivity contribution is 0.432. The third kappa shape index (κ3) is 2.59. The first kappa shape index (κ1) is 13.3. The van der Waals surface area contributed by atoms with Gasteiger partial charge in [-0.25, -0.2) is 9.07 Å². The van der Waals surface area contributed by atoms with E-state index in [2.05, 4.69) is 20.5 Å². The summed E-state index contributed by atoms with van der Waals surface area (Å²) in [6, 6.07) is 15.4. The molecule has 0 saturated carbocycles. The van der Waals surface area contributed by atoms with Crippen molar-refractivity contribution < 1.29 is 8.91 Å². The smallest absolute Gasteiger partial charge is 0.258 e. The van der Waals surface area contributed by atoms with Crippen LogP contribution >= 0.6 is 0 Å². The lowest BCUT2D eigenvalue weighted by Gasteiger charge is -1.97. The molecule has 0 atom stereocenters. The molecule has 112 valence electrons. The Morgan fingerprint density at radius 1 is 0.957 bits per heavy atom. The summed E-state index contributed by atoms with van der Waals surface area (Å²) in [4.78, 5) is 4.32. The van der Waals surface area contributed by atoms with E-state index < -0.39 is 0 Å². The number of hydrogen-bond acceptors (Lipinski definition) is 5. The zero-order valence-electron chi connectivity index (χ0n) is 11.8. The number of rotatable bonds is 3. The Bertz CT molecular complexity index is 931. The molecule has 0 N–H and O–H groups in total. The topological polar surface area (TPSA) is 69.6 Å². The number of aromatic nitrogens is 5. The second-order valence-electron chi connectivity index (χ2n) is 4.81. The molecule has 4 aromatic rings. The molecule has 0 bridgehead atoms. The van der Waals surface area contributed by atoms with E-state index in [4.69, 9.17) is 4.52 Å². The molecule has 0 radical (unpaired) electrons. The normalized spacial score (nSPS) is 10.8. The maximum atomic E-state index is 13.0. The summed E-state index contributed by atoms with van der Waals surface area (Å²) >= 11 is 0. The van der Waals surface area contributed by atoms with Crippen molar-refractivity contribution in [1.29, 1.82) is 0 Å². The SMILES string of the molecule is Fc1ccc(-n2cc(-c3noc(-c4ccccc4)n3)nn2)cc1. The van der Waals surface area contributed by atoms with Gasteiger partial charge in [0.15, 0.2) is 5.69 Å². The van der Waals surface area contributed by atoms with Gasteiger partial charge in [-0.05, 0) is 36.4 Å². The van der Waals surface area contributed by atoms with Crippen LogP contribution in [-0.2, 0) is 0 Å². The molecule has 2 aromatic carbocycles. The van der Waals surface area contributed by atoms with Crippen LogP contribution in [0.15, 0.2) is 65.3 Å². The molecule has 7 heteroatoms. The summed E-state index contributed by atoms with van der Waals surface area (Å²) in [5.74, 6) is 0.453. The average Bonchev–Trinajstić information content (AvgIpc) is 3.26. The van der Waals surface area contributed by atoms with Crippen LogP contribution in [0, 0.1) is 5.82 Å². The third-order valence-corrected chi connectivity index (χ3v) is 3.26. The summed E-state index contributed by atoms with van der Waals surface area (Å²) in [5, 5.41) is 11.9. The predicted octanol–water partition coefficient (Wildman–Crippen LogP) is 3.12. The first-order chi connectivity index (χ1) is 11.3. The molecule has 0 aliphatic rings. The second-order valence-corrected chi connectivity index (χ2v) is 4.81. The highest BCUT2D eigenvalue weighted by Crippen LogP contribution is 2.21. The standard InChI is InChI=1S/C16H10FN5O/c17-12-6-8-13(9-7-12)22-10-14(19-21-22)15-18-16(23-20-15)11-4-2-1-3-5-11/h1-10H. The largest absolute Gasteiger partial charge is 0.334 e. The van der Waals surface area contributed by atoms with Crippen LogP contribution in [0.4, 0.5) is 4.39 Å².